The van der Waals surface area contributed by atoms with Crippen LogP contribution in [0.5, 0.6) is 0 Å². The Balaban J connectivity index is 1.62. The average molecular weight is 398 g/mol. The lowest BCUT2D eigenvalue weighted by atomic mass is 9.98. The summed E-state index contributed by atoms with van der Waals surface area (Å²) in [4.78, 5) is 32.0. The summed E-state index contributed by atoms with van der Waals surface area (Å²) in [7, 11) is 1.74. The minimum atomic E-state index is -0.130. The molecule has 0 radical (unpaired) electrons. The maximum Gasteiger partial charge on any atom is 0.329 e. The summed E-state index contributed by atoms with van der Waals surface area (Å²) in [6.07, 6.45) is 5.41. The molecule has 4 aromatic rings. The van der Waals surface area contributed by atoms with Crippen molar-refractivity contribution in [3.05, 3.63) is 83.0 Å². The van der Waals surface area contributed by atoms with E-state index in [1.54, 1.807) is 22.7 Å². The first-order valence-electron chi connectivity index (χ1n) is 10.1. The van der Waals surface area contributed by atoms with Gasteiger partial charge in [-0.2, -0.15) is 0 Å². The number of aromatic nitrogens is 3. The zero-order valence-corrected chi connectivity index (χ0v) is 16.8. The molecule has 6 nitrogen and oxygen atoms in total. The smallest absolute Gasteiger partial charge is 0.314 e. The highest BCUT2D eigenvalue weighted by Crippen LogP contribution is 2.30. The van der Waals surface area contributed by atoms with Gasteiger partial charge in [-0.25, -0.2) is 4.79 Å². The lowest BCUT2D eigenvalue weighted by Gasteiger charge is -2.17. The van der Waals surface area contributed by atoms with E-state index in [1.807, 2.05) is 59.3 Å². The van der Waals surface area contributed by atoms with Crippen LogP contribution >= 0.6 is 0 Å². The number of hydrogen-bond donors (Lipinski definition) is 0. The summed E-state index contributed by atoms with van der Waals surface area (Å²) in [5.41, 5.74) is 5.62. The molecule has 150 valence electrons. The van der Waals surface area contributed by atoms with Crippen LogP contribution in [0.4, 0.5) is 5.69 Å². The average Bonchev–Trinajstić information content (AvgIpc) is 3.07. The lowest BCUT2D eigenvalue weighted by molar-refractivity contribution is -0.118. The fraction of sp³-hybridized carbons (Fsp3) is 0.208. The van der Waals surface area contributed by atoms with E-state index >= 15 is 0 Å². The monoisotopic (exact) mass is 398 g/mol. The maximum absolute atomic E-state index is 13.2. The summed E-state index contributed by atoms with van der Waals surface area (Å²) < 4.78 is 3.43. The highest BCUT2D eigenvalue weighted by molar-refractivity contribution is 5.94. The van der Waals surface area contributed by atoms with E-state index in [-0.39, 0.29) is 18.1 Å². The quantitative estimate of drug-likeness (QED) is 0.529. The molecule has 0 bridgehead atoms. The van der Waals surface area contributed by atoms with Crippen LogP contribution in [0.15, 0.2) is 71.8 Å². The van der Waals surface area contributed by atoms with Crippen molar-refractivity contribution in [1.29, 1.82) is 0 Å². The summed E-state index contributed by atoms with van der Waals surface area (Å²) in [6, 6.07) is 17.5. The van der Waals surface area contributed by atoms with Gasteiger partial charge in [0.05, 0.1) is 11.0 Å². The fourth-order valence-electron chi connectivity index (χ4n) is 4.26. The van der Waals surface area contributed by atoms with E-state index in [4.69, 9.17) is 0 Å². The molecule has 2 aromatic carbocycles. The molecule has 2 aromatic heterocycles. The Kier molecular flexibility index (Phi) is 4.47. The van der Waals surface area contributed by atoms with Crippen LogP contribution in [0.25, 0.3) is 22.2 Å². The highest BCUT2D eigenvalue weighted by Gasteiger charge is 2.23. The third kappa shape index (κ3) is 3.01. The predicted octanol–water partition coefficient (Wildman–Crippen LogP) is 3.47. The molecule has 6 heteroatoms. The maximum atomic E-state index is 13.2. The van der Waals surface area contributed by atoms with Crippen molar-refractivity contribution in [2.75, 3.05) is 11.9 Å². The summed E-state index contributed by atoms with van der Waals surface area (Å²) in [5, 5.41) is 0. The molecule has 1 aliphatic rings. The van der Waals surface area contributed by atoms with Crippen molar-refractivity contribution in [2.24, 2.45) is 0 Å². The molecule has 0 unspecified atom stereocenters. The number of hydrogen-bond acceptors (Lipinski definition) is 3. The van der Waals surface area contributed by atoms with Gasteiger partial charge in [-0.3, -0.25) is 18.9 Å². The molecule has 3 heterocycles. The van der Waals surface area contributed by atoms with Gasteiger partial charge < -0.3 is 4.90 Å². The van der Waals surface area contributed by atoms with E-state index < -0.39 is 0 Å². The van der Waals surface area contributed by atoms with Gasteiger partial charge in [-0.1, -0.05) is 24.3 Å². The predicted molar refractivity (Wildman–Crippen MR) is 118 cm³/mol. The van der Waals surface area contributed by atoms with Crippen molar-refractivity contribution in [3.63, 3.8) is 0 Å². The van der Waals surface area contributed by atoms with Crippen LogP contribution in [0.2, 0.25) is 0 Å². The Morgan fingerprint density at radius 3 is 2.70 bits per heavy atom. The second-order valence-corrected chi connectivity index (χ2v) is 7.66. The van der Waals surface area contributed by atoms with Crippen molar-refractivity contribution < 1.29 is 4.79 Å². The standard InChI is InChI=1S/C24H22N4O2/c1-26(20-9-3-2-4-10-20)22(29)16-28-21-14-19(18-7-5-11-25-15-18)13-17-8-6-12-27(23(17)21)24(28)30/h2-5,7,9-11,13-15H,6,8,12,16H2,1H3. The minimum Gasteiger partial charge on any atom is -0.314 e. The number of rotatable bonds is 4. The molecular formula is C24H22N4O2. The second-order valence-electron chi connectivity index (χ2n) is 7.66. The molecular weight excluding hydrogens is 376 g/mol. The first kappa shape index (κ1) is 18.4. The van der Waals surface area contributed by atoms with Gasteiger partial charge in [0, 0.05) is 37.2 Å². The topological polar surface area (TPSA) is 60.1 Å². The summed E-state index contributed by atoms with van der Waals surface area (Å²) in [6.45, 7) is 0.688. The number of amides is 1. The van der Waals surface area contributed by atoms with Crippen LogP contribution in [-0.4, -0.2) is 27.1 Å². The number of para-hydroxylation sites is 1. The van der Waals surface area contributed by atoms with E-state index in [1.165, 1.54) is 0 Å². The van der Waals surface area contributed by atoms with Crippen LogP contribution in [-0.2, 0) is 24.3 Å². The summed E-state index contributed by atoms with van der Waals surface area (Å²) in [5.74, 6) is -0.130. The van der Waals surface area contributed by atoms with Crippen molar-refractivity contribution in [1.82, 2.24) is 14.1 Å². The Hall–Kier alpha value is -3.67. The number of carbonyl (C=O) groups is 1. The van der Waals surface area contributed by atoms with Gasteiger partial charge in [0.2, 0.25) is 5.91 Å². The van der Waals surface area contributed by atoms with E-state index in [2.05, 4.69) is 11.1 Å². The fourth-order valence-corrected chi connectivity index (χ4v) is 4.26. The van der Waals surface area contributed by atoms with Gasteiger partial charge in [0.25, 0.3) is 0 Å². The molecule has 0 saturated carbocycles. The molecule has 0 saturated heterocycles. The molecule has 5 rings (SSSR count). The van der Waals surface area contributed by atoms with Gasteiger partial charge >= 0.3 is 5.69 Å². The van der Waals surface area contributed by atoms with Crippen molar-refractivity contribution >= 4 is 22.6 Å². The molecule has 30 heavy (non-hydrogen) atoms. The molecule has 0 atom stereocenters. The number of benzene rings is 2. The minimum absolute atomic E-state index is 0.00363. The molecule has 0 N–H and O–H groups in total. The van der Waals surface area contributed by atoms with Crippen LogP contribution < -0.4 is 10.6 Å². The van der Waals surface area contributed by atoms with Gasteiger partial charge in [-0.15, -0.1) is 0 Å². The number of nitrogens with zero attached hydrogens (tertiary/aromatic N) is 4. The number of aryl methyl sites for hydroxylation is 2. The Labute approximate surface area is 174 Å². The first-order valence-corrected chi connectivity index (χ1v) is 10.1. The van der Waals surface area contributed by atoms with Gasteiger partial charge in [0.15, 0.2) is 0 Å². The van der Waals surface area contributed by atoms with Gasteiger partial charge in [-0.05, 0) is 54.3 Å². The van der Waals surface area contributed by atoms with E-state index in [9.17, 15) is 9.59 Å². The first-order chi connectivity index (χ1) is 14.6. The number of likely N-dealkylation sites (N-methyl/N-ethyl adjacent to an activating group) is 1. The number of anilines is 1. The SMILES string of the molecule is CN(C(=O)Cn1c(=O)n2c3c(cc(-c4cccnc4)cc31)CCC2)c1ccccc1. The number of pyridine rings is 1. The summed E-state index contributed by atoms with van der Waals surface area (Å²) >= 11 is 0. The number of carbonyl (C=O) groups excluding carboxylic acids is 1. The molecule has 0 aliphatic carbocycles. The van der Waals surface area contributed by atoms with Crippen molar-refractivity contribution in [2.45, 2.75) is 25.9 Å². The van der Waals surface area contributed by atoms with Crippen molar-refractivity contribution in [3.8, 4) is 11.1 Å². The van der Waals surface area contributed by atoms with Crippen LogP contribution in [0, 0.1) is 0 Å². The number of imidazole rings is 1. The Morgan fingerprint density at radius 2 is 1.93 bits per heavy atom. The zero-order chi connectivity index (χ0) is 20.7. The molecule has 0 fully saturated rings. The zero-order valence-electron chi connectivity index (χ0n) is 16.8. The molecule has 0 spiro atoms. The highest BCUT2D eigenvalue weighted by atomic mass is 16.2. The van der Waals surface area contributed by atoms with Gasteiger partial charge in [0.1, 0.15) is 6.54 Å². The Bertz CT molecular complexity index is 1290. The lowest BCUT2D eigenvalue weighted by Crippen LogP contribution is -2.34. The largest absolute Gasteiger partial charge is 0.329 e. The third-order valence-corrected chi connectivity index (χ3v) is 5.82. The van der Waals surface area contributed by atoms with Crippen LogP contribution in [0.3, 0.4) is 0 Å². The third-order valence-electron chi connectivity index (χ3n) is 5.82. The molecule has 1 aliphatic heterocycles. The van der Waals surface area contributed by atoms with E-state index in [0.717, 1.165) is 46.3 Å². The Morgan fingerprint density at radius 1 is 1.10 bits per heavy atom. The normalized spacial score (nSPS) is 12.8. The molecule has 1 amide bonds. The second kappa shape index (κ2) is 7.30. The van der Waals surface area contributed by atoms with E-state index in [0.29, 0.717) is 6.54 Å². The van der Waals surface area contributed by atoms with Crippen LogP contribution in [0.1, 0.15) is 12.0 Å².